The quantitative estimate of drug-likeness (QED) is 0.525. The second-order valence-electron chi connectivity index (χ2n) is 8.71. The Morgan fingerprint density at radius 3 is 2.80 bits per heavy atom. The van der Waals surface area contributed by atoms with Gasteiger partial charge in [0.05, 0.1) is 5.71 Å². The van der Waals surface area contributed by atoms with Gasteiger partial charge in [-0.25, -0.2) is 0 Å². The monoisotopic (exact) mass is 339 g/mol. The number of fused-ring (bicyclic) bond motifs is 5. The van der Waals surface area contributed by atoms with E-state index < -0.39 is 0 Å². The summed E-state index contributed by atoms with van der Waals surface area (Å²) in [5.74, 6) is 1.48. The van der Waals surface area contributed by atoms with Crippen LogP contribution in [-0.2, 0) is 9.63 Å². The number of carbonyl (C=O) groups is 1. The van der Waals surface area contributed by atoms with Crippen molar-refractivity contribution in [1.82, 2.24) is 0 Å². The molecule has 4 rings (SSSR count). The van der Waals surface area contributed by atoms with Crippen molar-refractivity contribution in [2.45, 2.75) is 59.3 Å². The second kappa shape index (κ2) is 5.69. The van der Waals surface area contributed by atoms with Gasteiger partial charge < -0.3 is 4.84 Å². The first-order chi connectivity index (χ1) is 11.9. The van der Waals surface area contributed by atoms with Gasteiger partial charge in [-0.15, -0.1) is 0 Å². The molecule has 4 atom stereocenters. The van der Waals surface area contributed by atoms with E-state index >= 15 is 0 Å². The summed E-state index contributed by atoms with van der Waals surface area (Å²) < 4.78 is 0. The molecule has 0 bridgehead atoms. The molecule has 25 heavy (non-hydrogen) atoms. The fourth-order valence-corrected chi connectivity index (χ4v) is 6.18. The highest BCUT2D eigenvalue weighted by Gasteiger charge is 2.54. The zero-order valence-corrected chi connectivity index (χ0v) is 15.9. The van der Waals surface area contributed by atoms with Gasteiger partial charge in [0.15, 0.2) is 5.78 Å². The summed E-state index contributed by atoms with van der Waals surface area (Å²) in [5.41, 5.74) is 5.55. The molecule has 0 unspecified atom stereocenters. The lowest BCUT2D eigenvalue weighted by Gasteiger charge is -2.53. The number of carbonyl (C=O) groups excluding carboxylic acids is 1. The van der Waals surface area contributed by atoms with E-state index in [4.69, 9.17) is 4.84 Å². The van der Waals surface area contributed by atoms with Crippen molar-refractivity contribution in [1.29, 1.82) is 0 Å². The molecule has 0 radical (unpaired) electrons. The molecule has 0 aliphatic heterocycles. The minimum Gasteiger partial charge on any atom is -0.399 e. The predicted octanol–water partition coefficient (Wildman–Crippen LogP) is 5.00. The van der Waals surface area contributed by atoms with Crippen LogP contribution in [0, 0.1) is 22.7 Å². The smallest absolute Gasteiger partial charge is 0.156 e. The number of rotatable bonds is 2. The lowest BCUT2D eigenvalue weighted by molar-refractivity contribution is -0.114. The van der Waals surface area contributed by atoms with Crippen molar-refractivity contribution in [3.63, 3.8) is 0 Å². The second-order valence-corrected chi connectivity index (χ2v) is 8.71. The Balaban J connectivity index is 1.71. The zero-order valence-electron chi connectivity index (χ0n) is 15.9. The van der Waals surface area contributed by atoms with Crippen molar-refractivity contribution in [2.24, 2.45) is 27.8 Å². The van der Waals surface area contributed by atoms with E-state index in [-0.39, 0.29) is 16.6 Å². The van der Waals surface area contributed by atoms with Crippen LogP contribution in [0.5, 0.6) is 0 Å². The summed E-state index contributed by atoms with van der Waals surface area (Å²) in [5, 5.41) is 4.18. The third-order valence-electron chi connectivity index (χ3n) is 7.52. The Morgan fingerprint density at radius 2 is 2.08 bits per heavy atom. The molecule has 4 aliphatic carbocycles. The third kappa shape index (κ3) is 2.31. The van der Waals surface area contributed by atoms with Crippen LogP contribution in [-0.4, -0.2) is 18.6 Å². The lowest BCUT2D eigenvalue weighted by Crippen LogP contribution is -2.44. The fraction of sp³-hybridized carbons (Fsp3) is 0.636. The van der Waals surface area contributed by atoms with Gasteiger partial charge in [0.25, 0.3) is 0 Å². The van der Waals surface area contributed by atoms with Crippen molar-refractivity contribution >= 4 is 11.5 Å². The maximum atomic E-state index is 12.1. The van der Waals surface area contributed by atoms with Crippen LogP contribution in [0.25, 0.3) is 0 Å². The topological polar surface area (TPSA) is 38.7 Å². The lowest BCUT2D eigenvalue weighted by atomic mass is 9.51. The molecular formula is C22H29NO2. The summed E-state index contributed by atoms with van der Waals surface area (Å²) >= 11 is 0. The van der Waals surface area contributed by atoms with E-state index in [1.165, 1.54) is 12.0 Å². The summed E-state index contributed by atoms with van der Waals surface area (Å²) in [4.78, 5) is 17.1. The molecule has 1 fully saturated rings. The standard InChI is InChI=1S/C22H29NO2/c1-14(24)18-7-8-19-17-6-5-15-13-16(23-25-4)9-11-21(15,2)20(17)10-12-22(18,19)3/h7,10,13,17,19H,5-6,8-9,11-12H2,1-4H3/t17-,19-,21-,22+/m0/s1. The first-order valence-corrected chi connectivity index (χ1v) is 9.63. The summed E-state index contributed by atoms with van der Waals surface area (Å²) in [6.07, 6.45) is 13.5. The number of oxime groups is 1. The van der Waals surface area contributed by atoms with Crippen LogP contribution in [0.2, 0.25) is 0 Å². The van der Waals surface area contributed by atoms with Crippen molar-refractivity contribution in [3.05, 3.63) is 34.9 Å². The highest BCUT2D eigenvalue weighted by Crippen LogP contribution is 2.63. The molecule has 4 aliphatic rings. The van der Waals surface area contributed by atoms with Crippen LogP contribution in [0.4, 0.5) is 0 Å². The van der Waals surface area contributed by atoms with Crippen LogP contribution in [0.1, 0.15) is 59.3 Å². The largest absolute Gasteiger partial charge is 0.399 e. The molecule has 0 aromatic rings. The van der Waals surface area contributed by atoms with Crippen LogP contribution in [0.3, 0.4) is 0 Å². The maximum Gasteiger partial charge on any atom is 0.156 e. The molecule has 0 saturated heterocycles. The Hall–Kier alpha value is -1.64. The van der Waals surface area contributed by atoms with E-state index in [1.54, 1.807) is 19.6 Å². The molecule has 3 heteroatoms. The molecule has 3 nitrogen and oxygen atoms in total. The Kier molecular flexibility index (Phi) is 3.82. The molecule has 0 N–H and O–H groups in total. The van der Waals surface area contributed by atoms with Crippen molar-refractivity contribution < 1.29 is 9.63 Å². The molecule has 0 spiro atoms. The van der Waals surface area contributed by atoms with E-state index in [9.17, 15) is 4.79 Å². The summed E-state index contributed by atoms with van der Waals surface area (Å²) in [6, 6.07) is 0. The number of allylic oxidation sites excluding steroid dienone is 6. The van der Waals surface area contributed by atoms with Gasteiger partial charge in [0.2, 0.25) is 0 Å². The van der Waals surface area contributed by atoms with E-state index in [2.05, 4.69) is 37.2 Å². The van der Waals surface area contributed by atoms with E-state index in [0.29, 0.717) is 11.8 Å². The van der Waals surface area contributed by atoms with Crippen molar-refractivity contribution in [2.75, 3.05) is 7.11 Å². The molecule has 134 valence electrons. The third-order valence-corrected chi connectivity index (χ3v) is 7.52. The Morgan fingerprint density at radius 1 is 1.28 bits per heavy atom. The average Bonchev–Trinajstić information content (AvgIpc) is 2.93. The van der Waals surface area contributed by atoms with Crippen molar-refractivity contribution in [3.8, 4) is 0 Å². The normalized spacial score (nSPS) is 41.1. The first-order valence-electron chi connectivity index (χ1n) is 9.63. The van der Waals surface area contributed by atoms with Gasteiger partial charge in [0.1, 0.15) is 7.11 Å². The number of hydrogen-bond acceptors (Lipinski definition) is 3. The molecular weight excluding hydrogens is 310 g/mol. The van der Waals surface area contributed by atoms with E-state index in [1.807, 2.05) is 0 Å². The van der Waals surface area contributed by atoms with E-state index in [0.717, 1.165) is 43.4 Å². The SMILES string of the molecule is CON=C1C=C2CC[C@@H]3C(=CC[C@]4(C)C(C(C)=O)=CC[C@@H]34)[C@@]2(C)CC1. The zero-order chi connectivity index (χ0) is 17.8. The molecule has 0 amide bonds. The summed E-state index contributed by atoms with van der Waals surface area (Å²) in [6.45, 7) is 6.49. The number of Topliss-reactive ketones (excluding diaryl/α,β-unsaturated/α-hetero) is 1. The number of nitrogens with zero attached hydrogens (tertiary/aromatic N) is 1. The van der Waals surface area contributed by atoms with Gasteiger partial charge in [-0.3, -0.25) is 4.79 Å². The highest BCUT2D eigenvalue weighted by atomic mass is 16.6. The fourth-order valence-electron chi connectivity index (χ4n) is 6.18. The molecule has 0 aromatic heterocycles. The van der Waals surface area contributed by atoms with Crippen LogP contribution >= 0.6 is 0 Å². The number of hydrogen-bond donors (Lipinski definition) is 0. The molecule has 0 aromatic carbocycles. The Bertz CT molecular complexity index is 741. The number of ketones is 1. The van der Waals surface area contributed by atoms with Crippen LogP contribution < -0.4 is 0 Å². The highest BCUT2D eigenvalue weighted by molar-refractivity contribution is 5.97. The maximum absolute atomic E-state index is 12.1. The van der Waals surface area contributed by atoms with Gasteiger partial charge in [-0.1, -0.05) is 42.3 Å². The molecule has 1 saturated carbocycles. The van der Waals surface area contributed by atoms with Crippen LogP contribution in [0.15, 0.2) is 40.1 Å². The first kappa shape index (κ1) is 16.8. The minimum absolute atomic E-state index is 0.0505. The summed E-state index contributed by atoms with van der Waals surface area (Å²) in [7, 11) is 1.63. The van der Waals surface area contributed by atoms with Gasteiger partial charge in [-0.2, -0.15) is 0 Å². The Labute approximate surface area is 150 Å². The average molecular weight is 339 g/mol. The molecule has 0 heterocycles. The van der Waals surface area contributed by atoms with Gasteiger partial charge in [0, 0.05) is 10.8 Å². The van der Waals surface area contributed by atoms with Gasteiger partial charge in [-0.05, 0) is 68.9 Å². The predicted molar refractivity (Wildman–Crippen MR) is 100 cm³/mol. The minimum atomic E-state index is 0.0505. The van der Waals surface area contributed by atoms with Gasteiger partial charge >= 0.3 is 0 Å².